The fraction of sp³-hybridized carbons (Fsp3) is 0.455. The average Bonchev–Trinajstić information content (AvgIpc) is 3.25. The van der Waals surface area contributed by atoms with Crippen LogP contribution in [0.15, 0.2) is 60.7 Å². The van der Waals surface area contributed by atoms with E-state index in [1.807, 2.05) is 24.3 Å². The minimum Gasteiger partial charge on any atom is -0.370 e. The third kappa shape index (κ3) is 10.1. The molecule has 0 radical (unpaired) electrons. The van der Waals surface area contributed by atoms with E-state index in [4.69, 9.17) is 8.37 Å². The van der Waals surface area contributed by atoms with Crippen molar-refractivity contribution in [3.63, 3.8) is 0 Å². The first-order chi connectivity index (χ1) is 23.7. The molecule has 1 aliphatic heterocycles. The van der Waals surface area contributed by atoms with E-state index in [2.05, 4.69) is 73.9 Å². The van der Waals surface area contributed by atoms with E-state index in [-0.39, 0.29) is 0 Å². The van der Waals surface area contributed by atoms with Crippen molar-refractivity contribution in [2.75, 3.05) is 0 Å². The van der Waals surface area contributed by atoms with Crippen molar-refractivity contribution in [1.82, 2.24) is 0 Å². The lowest BCUT2D eigenvalue weighted by atomic mass is 9.91. The van der Waals surface area contributed by atoms with Crippen LogP contribution in [0.25, 0.3) is 32.7 Å². The maximum Gasteiger partial charge on any atom is 0.417 e. The second-order valence-electron chi connectivity index (χ2n) is 13.2. The highest BCUT2D eigenvalue weighted by molar-refractivity contribution is 7.76. The number of rotatable bonds is 16. The maximum absolute atomic E-state index is 12.8. The molecule has 0 unspecified atom stereocenters. The summed E-state index contributed by atoms with van der Waals surface area (Å²) in [5, 5.41) is 4.17. The zero-order valence-electron chi connectivity index (χ0n) is 29.1. The summed E-state index contributed by atoms with van der Waals surface area (Å²) in [6.07, 6.45) is 22.8. The summed E-state index contributed by atoms with van der Waals surface area (Å²) in [5.41, 5.74) is 3.80. The lowest BCUT2D eigenvalue weighted by Crippen LogP contribution is -2.06. The Balaban J connectivity index is 1.29. The van der Waals surface area contributed by atoms with Crippen molar-refractivity contribution in [2.24, 2.45) is 0 Å². The number of fused-ring (bicyclic) bond motifs is 7. The van der Waals surface area contributed by atoms with Crippen LogP contribution in [0.2, 0.25) is 0 Å². The Morgan fingerprint density at radius 1 is 0.500 bits per heavy atom. The lowest BCUT2D eigenvalue weighted by Gasteiger charge is -2.13. The predicted molar refractivity (Wildman–Crippen MR) is 204 cm³/mol. The van der Waals surface area contributed by atoms with Gasteiger partial charge in [0.05, 0.1) is 0 Å². The monoisotopic (exact) mass is 660 g/mol. The zero-order chi connectivity index (χ0) is 33.4. The second-order valence-corrected chi connectivity index (χ2v) is 13.9. The Morgan fingerprint density at radius 3 is 1.31 bits per heavy atom. The van der Waals surface area contributed by atoms with Gasteiger partial charge in [-0.25, -0.2) is 0 Å². The van der Waals surface area contributed by atoms with Crippen LogP contribution < -0.4 is 8.37 Å². The van der Waals surface area contributed by atoms with E-state index < -0.39 is 11.4 Å². The van der Waals surface area contributed by atoms with Gasteiger partial charge in [-0.15, -0.1) is 0 Å². The van der Waals surface area contributed by atoms with Gasteiger partial charge in [0.15, 0.2) is 11.5 Å². The van der Waals surface area contributed by atoms with E-state index >= 15 is 0 Å². The quantitative estimate of drug-likeness (QED) is 0.0886. The summed E-state index contributed by atoms with van der Waals surface area (Å²) in [6.45, 7) is 4.53. The summed E-state index contributed by atoms with van der Waals surface area (Å²) in [7, 11) is 0. The van der Waals surface area contributed by atoms with E-state index in [9.17, 15) is 4.21 Å². The minimum atomic E-state index is -1.94. The Bertz CT molecular complexity index is 1670. The molecule has 0 atom stereocenters. The molecule has 3 nitrogen and oxygen atoms in total. The highest BCUT2D eigenvalue weighted by Crippen LogP contribution is 2.47. The summed E-state index contributed by atoms with van der Waals surface area (Å²) in [5.74, 6) is 14.6. The van der Waals surface area contributed by atoms with Gasteiger partial charge in [0, 0.05) is 35.1 Å². The Morgan fingerprint density at radius 2 is 0.896 bits per heavy atom. The van der Waals surface area contributed by atoms with Gasteiger partial charge in [-0.2, -0.15) is 4.21 Å². The molecular weight excluding hydrogens is 609 g/mol. The molecule has 4 aromatic carbocycles. The average molecular weight is 661 g/mol. The standard InChI is InChI=1S/C44H52O3S/c1-3-5-7-9-11-13-15-17-19-21-23-35-25-29-39-37(33-35)27-31-41-43(39)44-40-30-26-36(24-22-20-18-16-14-12-10-8-6-4-2)34-38(40)28-32-42(44)47-48(45)46-41/h25-34H,3-20H2,1-2H3. The fourth-order valence-corrected chi connectivity index (χ4v) is 7.22. The van der Waals surface area contributed by atoms with Crippen LogP contribution >= 0.6 is 0 Å². The zero-order valence-corrected chi connectivity index (χ0v) is 30.0. The Hall–Kier alpha value is -3.73. The van der Waals surface area contributed by atoms with E-state index in [0.717, 1.165) is 69.5 Å². The van der Waals surface area contributed by atoms with Crippen molar-refractivity contribution in [2.45, 2.75) is 129 Å². The molecule has 0 saturated heterocycles. The summed E-state index contributed by atoms with van der Waals surface area (Å²) in [6, 6.07) is 20.5. The first-order valence-corrected chi connectivity index (χ1v) is 19.6. The Labute approximate surface area is 292 Å². The SMILES string of the molecule is CCCCCCCCCCC#Cc1ccc2c3c(ccc2c1)OS(=O)Oc1ccc2cc(C#CCCCCCCCCCC)ccc2c1-3. The van der Waals surface area contributed by atoms with Crippen molar-refractivity contribution in [3.8, 4) is 46.3 Å². The normalized spacial score (nSPS) is 12.2. The number of benzene rings is 4. The topological polar surface area (TPSA) is 35.5 Å². The fourth-order valence-electron chi connectivity index (χ4n) is 6.62. The summed E-state index contributed by atoms with van der Waals surface area (Å²) < 4.78 is 24.4. The third-order valence-electron chi connectivity index (χ3n) is 9.30. The van der Waals surface area contributed by atoms with Crippen LogP contribution in [-0.2, 0) is 11.4 Å². The summed E-state index contributed by atoms with van der Waals surface area (Å²) >= 11 is -1.94. The molecule has 252 valence electrons. The van der Waals surface area contributed by atoms with Crippen LogP contribution in [0.5, 0.6) is 11.5 Å². The molecule has 0 aromatic heterocycles. The molecule has 0 N–H and O–H groups in total. The molecule has 4 heteroatoms. The molecule has 0 bridgehead atoms. The van der Waals surface area contributed by atoms with E-state index in [0.29, 0.717) is 11.5 Å². The molecule has 0 aliphatic carbocycles. The second kappa shape index (κ2) is 19.3. The van der Waals surface area contributed by atoms with Crippen LogP contribution in [0.3, 0.4) is 0 Å². The van der Waals surface area contributed by atoms with E-state index in [1.54, 1.807) is 0 Å². The smallest absolute Gasteiger partial charge is 0.370 e. The van der Waals surface area contributed by atoms with Crippen molar-refractivity contribution in [1.29, 1.82) is 0 Å². The minimum absolute atomic E-state index is 0.551. The van der Waals surface area contributed by atoms with Gasteiger partial charge < -0.3 is 8.37 Å². The van der Waals surface area contributed by atoms with Crippen molar-refractivity contribution in [3.05, 3.63) is 71.8 Å². The first kappa shape index (κ1) is 35.6. The van der Waals surface area contributed by atoms with Gasteiger partial charge in [-0.05, 0) is 70.8 Å². The highest BCUT2D eigenvalue weighted by Gasteiger charge is 2.25. The number of unbranched alkanes of at least 4 members (excludes halogenated alkanes) is 16. The number of hydrogen-bond acceptors (Lipinski definition) is 3. The third-order valence-corrected chi connectivity index (χ3v) is 9.94. The van der Waals surface area contributed by atoms with Gasteiger partial charge >= 0.3 is 11.4 Å². The predicted octanol–water partition coefficient (Wildman–Crippen LogP) is 12.8. The van der Waals surface area contributed by atoms with Crippen LogP contribution in [0, 0.1) is 23.7 Å². The molecule has 1 aliphatic rings. The van der Waals surface area contributed by atoms with Crippen LogP contribution in [0.4, 0.5) is 0 Å². The highest BCUT2D eigenvalue weighted by atomic mass is 32.2. The Kier molecular flexibility index (Phi) is 14.3. The van der Waals surface area contributed by atoms with Gasteiger partial charge in [0.2, 0.25) is 0 Å². The number of hydrogen-bond donors (Lipinski definition) is 0. The van der Waals surface area contributed by atoms with Crippen LogP contribution in [-0.4, -0.2) is 4.21 Å². The molecule has 0 spiro atoms. The summed E-state index contributed by atoms with van der Waals surface area (Å²) in [4.78, 5) is 0. The van der Waals surface area contributed by atoms with Crippen molar-refractivity contribution < 1.29 is 12.6 Å². The molecule has 48 heavy (non-hydrogen) atoms. The molecule has 0 fully saturated rings. The molecule has 0 saturated carbocycles. The molecule has 5 rings (SSSR count). The largest absolute Gasteiger partial charge is 0.417 e. The molecule has 1 heterocycles. The van der Waals surface area contributed by atoms with Gasteiger partial charge in [0.1, 0.15) is 0 Å². The maximum atomic E-state index is 12.8. The molecule has 0 amide bonds. The van der Waals surface area contributed by atoms with E-state index in [1.165, 1.54) is 89.9 Å². The molecule has 4 aromatic rings. The molecular formula is C44H52O3S. The van der Waals surface area contributed by atoms with Crippen molar-refractivity contribution >= 4 is 32.9 Å². The first-order valence-electron chi connectivity index (χ1n) is 18.6. The van der Waals surface area contributed by atoms with Gasteiger partial charge in [-0.3, -0.25) is 0 Å². The van der Waals surface area contributed by atoms with Gasteiger partial charge in [-0.1, -0.05) is 152 Å². The lowest BCUT2D eigenvalue weighted by molar-refractivity contribution is 0.469. The van der Waals surface area contributed by atoms with Crippen LogP contribution in [0.1, 0.15) is 141 Å². The van der Waals surface area contributed by atoms with Gasteiger partial charge in [0.25, 0.3) is 0 Å².